The van der Waals surface area contributed by atoms with Gasteiger partial charge in [-0.2, -0.15) is 5.21 Å². The van der Waals surface area contributed by atoms with Crippen LogP contribution in [-0.2, 0) is 0 Å². The van der Waals surface area contributed by atoms with Gasteiger partial charge < -0.3 is 20.9 Å². The number of carbonyl (C=O) groups excluding carboxylic acids is 2. The van der Waals surface area contributed by atoms with Crippen molar-refractivity contribution in [2.24, 2.45) is 0 Å². The molecule has 0 radical (unpaired) electrons. The third kappa shape index (κ3) is 4.54. The van der Waals surface area contributed by atoms with E-state index >= 15 is 0 Å². The molecule has 4 N–H and O–H groups in total. The van der Waals surface area contributed by atoms with Crippen LogP contribution in [0.25, 0.3) is 11.4 Å². The van der Waals surface area contributed by atoms with Crippen molar-refractivity contribution in [2.45, 2.75) is 38.1 Å². The fourth-order valence-electron chi connectivity index (χ4n) is 6.56. The highest BCUT2D eigenvalue weighted by Crippen LogP contribution is 2.42. The molecule has 10 nitrogen and oxygen atoms in total. The summed E-state index contributed by atoms with van der Waals surface area (Å²) in [6, 6.07) is 17.0. The number of nitrogens with one attached hydrogen (secondary N) is 2. The number of nitrogens with two attached hydrogens (primary N) is 1. The Bertz CT molecular complexity index is 1600. The van der Waals surface area contributed by atoms with E-state index in [9.17, 15) is 9.59 Å². The van der Waals surface area contributed by atoms with Gasteiger partial charge in [-0.15, -0.1) is 10.2 Å². The highest BCUT2D eigenvalue weighted by molar-refractivity contribution is 6.32. The molecule has 0 unspecified atom stereocenters. The van der Waals surface area contributed by atoms with E-state index in [-0.39, 0.29) is 17.1 Å². The second kappa shape index (κ2) is 10.4. The van der Waals surface area contributed by atoms with Crippen molar-refractivity contribution >= 4 is 34.3 Å². The maximum atomic E-state index is 13.8. The zero-order valence-electron chi connectivity index (χ0n) is 22.8. The van der Waals surface area contributed by atoms with Gasteiger partial charge in [-0.25, -0.2) is 0 Å². The molecule has 0 saturated carbocycles. The molecule has 7 rings (SSSR count). The Hall–Kier alpha value is -4.57. The number of likely N-dealkylation sites (tertiary alicyclic amines) is 1. The first-order chi connectivity index (χ1) is 20.1. The highest BCUT2D eigenvalue weighted by Gasteiger charge is 2.36. The number of ketones is 2. The quantitative estimate of drug-likeness (QED) is 0.273. The third-order valence-corrected chi connectivity index (χ3v) is 8.70. The molecule has 2 fully saturated rings. The number of tetrazole rings is 1. The van der Waals surface area contributed by atoms with Gasteiger partial charge in [-0.3, -0.25) is 9.59 Å². The fourth-order valence-corrected chi connectivity index (χ4v) is 6.56. The highest BCUT2D eigenvalue weighted by atomic mass is 16.1. The first kappa shape index (κ1) is 25.4. The molecule has 208 valence electrons. The van der Waals surface area contributed by atoms with Crippen LogP contribution >= 0.6 is 0 Å². The monoisotopic (exact) mass is 548 g/mol. The molecule has 3 aromatic carbocycles. The molecule has 0 bridgehead atoms. The Labute approximate surface area is 237 Å². The molecule has 41 heavy (non-hydrogen) atoms. The molecule has 0 spiro atoms. The molecular weight excluding hydrogens is 516 g/mol. The molecular formula is C31H32N8O2. The van der Waals surface area contributed by atoms with Gasteiger partial charge in [0, 0.05) is 41.5 Å². The number of H-pyrrole nitrogens is 1. The van der Waals surface area contributed by atoms with Gasteiger partial charge in [0.2, 0.25) is 5.82 Å². The summed E-state index contributed by atoms with van der Waals surface area (Å²) in [6.45, 7) is 4.06. The largest absolute Gasteiger partial charge is 0.396 e. The van der Waals surface area contributed by atoms with Crippen LogP contribution in [-0.4, -0.2) is 69.3 Å². The number of carbonyl (C=O) groups is 2. The lowest BCUT2D eigenvalue weighted by atomic mass is 9.81. The molecule has 0 atom stereocenters. The van der Waals surface area contributed by atoms with E-state index in [1.165, 1.54) is 32.4 Å². The molecule has 4 aromatic rings. The minimum absolute atomic E-state index is 0.205. The van der Waals surface area contributed by atoms with Gasteiger partial charge in [-0.05, 0) is 74.3 Å². The van der Waals surface area contributed by atoms with Crippen molar-refractivity contribution in [3.63, 3.8) is 0 Å². The van der Waals surface area contributed by atoms with Crippen LogP contribution in [0, 0.1) is 0 Å². The van der Waals surface area contributed by atoms with Gasteiger partial charge in [0.15, 0.2) is 11.6 Å². The van der Waals surface area contributed by atoms with Crippen molar-refractivity contribution < 1.29 is 9.59 Å². The molecule has 2 saturated heterocycles. The Morgan fingerprint density at radius 2 is 1.54 bits per heavy atom. The van der Waals surface area contributed by atoms with Crippen LogP contribution in [0.4, 0.5) is 22.7 Å². The second-order valence-electron chi connectivity index (χ2n) is 11.1. The average molecular weight is 549 g/mol. The number of nitrogen functional groups attached to an aromatic ring is 1. The number of aromatic amines is 1. The van der Waals surface area contributed by atoms with Gasteiger partial charge in [-0.1, -0.05) is 30.7 Å². The average Bonchev–Trinajstić information content (AvgIpc) is 3.57. The zero-order chi connectivity index (χ0) is 27.9. The summed E-state index contributed by atoms with van der Waals surface area (Å²) in [6.07, 6.45) is 5.98. The summed E-state index contributed by atoms with van der Waals surface area (Å²) in [4.78, 5) is 32.6. The topological polar surface area (TPSA) is 133 Å². The van der Waals surface area contributed by atoms with Crippen LogP contribution in [0.15, 0.2) is 54.6 Å². The normalized spacial score (nSPS) is 17.8. The summed E-state index contributed by atoms with van der Waals surface area (Å²) in [5.41, 5.74) is 11.5. The van der Waals surface area contributed by atoms with Crippen LogP contribution < -0.4 is 16.0 Å². The Balaban J connectivity index is 1.25. The van der Waals surface area contributed by atoms with E-state index in [1.807, 2.05) is 30.3 Å². The van der Waals surface area contributed by atoms with Gasteiger partial charge >= 0.3 is 0 Å². The van der Waals surface area contributed by atoms with Crippen molar-refractivity contribution in [3.8, 4) is 11.4 Å². The number of nitrogens with zero attached hydrogens (tertiary/aromatic N) is 5. The van der Waals surface area contributed by atoms with Crippen molar-refractivity contribution in [3.05, 3.63) is 76.9 Å². The van der Waals surface area contributed by atoms with Crippen LogP contribution in [0.3, 0.4) is 0 Å². The van der Waals surface area contributed by atoms with Crippen LogP contribution in [0.5, 0.6) is 0 Å². The van der Waals surface area contributed by atoms with Gasteiger partial charge in [0.1, 0.15) is 0 Å². The number of benzene rings is 3. The molecule has 1 aromatic heterocycles. The van der Waals surface area contributed by atoms with Crippen LogP contribution in [0.2, 0.25) is 0 Å². The second-order valence-corrected chi connectivity index (χ2v) is 11.1. The van der Waals surface area contributed by atoms with Crippen molar-refractivity contribution in [1.82, 2.24) is 25.5 Å². The Kier molecular flexibility index (Phi) is 6.47. The van der Waals surface area contributed by atoms with E-state index in [0.717, 1.165) is 42.9 Å². The Morgan fingerprint density at radius 1 is 0.854 bits per heavy atom. The Morgan fingerprint density at radius 3 is 2.20 bits per heavy atom. The van der Waals surface area contributed by atoms with Gasteiger partial charge in [0.05, 0.1) is 28.2 Å². The molecule has 0 amide bonds. The maximum absolute atomic E-state index is 13.8. The smallest absolute Gasteiger partial charge is 0.204 e. The van der Waals surface area contributed by atoms with Gasteiger partial charge in [0.25, 0.3) is 0 Å². The maximum Gasteiger partial charge on any atom is 0.204 e. The number of piperidine rings is 2. The predicted molar refractivity (Wildman–Crippen MR) is 158 cm³/mol. The van der Waals surface area contributed by atoms with Crippen LogP contribution in [0.1, 0.15) is 63.9 Å². The molecule has 10 heteroatoms. The first-order valence-electron chi connectivity index (χ1n) is 14.3. The number of aromatic nitrogens is 4. The minimum Gasteiger partial charge on any atom is -0.396 e. The number of fused-ring (bicyclic) bond motifs is 2. The fraction of sp³-hybridized carbons (Fsp3) is 0.323. The summed E-state index contributed by atoms with van der Waals surface area (Å²) >= 11 is 0. The van der Waals surface area contributed by atoms with Crippen molar-refractivity contribution in [2.75, 3.05) is 42.1 Å². The van der Waals surface area contributed by atoms with Crippen molar-refractivity contribution in [1.29, 1.82) is 0 Å². The standard InChI is InChI=1S/C31H32N8O2/c32-28-25(39-16-12-21(13-17-39)38-14-4-1-5-15-38)18-24(33-20-10-8-19(9-11-20)31-34-36-37-35-31)26-27(28)30(41)23-7-3-2-6-22(23)29(26)40/h2-3,6-11,18,21,33H,1,4-5,12-17,32H2,(H,34,35,36,37). The SMILES string of the molecule is Nc1c(N2CCC(N3CCCCC3)CC2)cc(Nc2ccc(-c3nn[nH]n3)cc2)c2c1C(=O)c1ccccc1C2=O. The minimum atomic E-state index is -0.215. The summed E-state index contributed by atoms with van der Waals surface area (Å²) in [5.74, 6) is 0.0745. The van der Waals surface area contributed by atoms with E-state index < -0.39 is 0 Å². The van der Waals surface area contributed by atoms with E-state index in [1.54, 1.807) is 24.3 Å². The first-order valence-corrected chi connectivity index (χ1v) is 14.3. The molecule has 3 heterocycles. The molecule has 2 aliphatic heterocycles. The van der Waals surface area contributed by atoms with E-state index in [0.29, 0.717) is 39.9 Å². The summed E-state index contributed by atoms with van der Waals surface area (Å²) in [5, 5.41) is 17.6. The lowest BCUT2D eigenvalue weighted by molar-refractivity contribution is 0.0980. The van der Waals surface area contributed by atoms with E-state index in [4.69, 9.17) is 5.73 Å². The number of hydrogen-bond acceptors (Lipinski definition) is 9. The number of anilines is 4. The number of rotatable bonds is 5. The zero-order valence-corrected chi connectivity index (χ0v) is 22.8. The van der Waals surface area contributed by atoms with E-state index in [2.05, 4.69) is 35.7 Å². The third-order valence-electron chi connectivity index (χ3n) is 8.70. The predicted octanol–water partition coefficient (Wildman–Crippen LogP) is 4.42. The lowest BCUT2D eigenvalue weighted by Crippen LogP contribution is -2.47. The lowest BCUT2D eigenvalue weighted by Gasteiger charge is -2.41. The molecule has 1 aliphatic carbocycles. The summed E-state index contributed by atoms with van der Waals surface area (Å²) in [7, 11) is 0. The molecule has 3 aliphatic rings. The number of hydrogen-bond donors (Lipinski definition) is 3. The summed E-state index contributed by atoms with van der Waals surface area (Å²) < 4.78 is 0.